The molecule has 0 unspecified atom stereocenters. The molecule has 6 heteroatoms. The molecule has 0 saturated heterocycles. The summed E-state index contributed by atoms with van der Waals surface area (Å²) in [6.07, 6.45) is 0. The first kappa shape index (κ1) is 14.7. The Morgan fingerprint density at radius 3 is 2.43 bits per heavy atom. The van der Waals surface area contributed by atoms with Crippen LogP contribution >= 0.6 is 15.9 Å². The van der Waals surface area contributed by atoms with Gasteiger partial charge in [0, 0.05) is 18.7 Å². The third-order valence-electron chi connectivity index (χ3n) is 3.63. The van der Waals surface area contributed by atoms with Crippen LogP contribution in [-0.4, -0.2) is 12.7 Å². The van der Waals surface area contributed by atoms with Crippen LogP contribution in [0.4, 0.5) is 4.39 Å². The summed E-state index contributed by atoms with van der Waals surface area (Å²) in [7, 11) is -3.60. The number of aryl methyl sites for hydroxylation is 1. The Hall–Kier alpha value is -1.24. The molecule has 110 valence electrons. The van der Waals surface area contributed by atoms with Crippen LogP contribution in [0.25, 0.3) is 0 Å². The molecule has 0 aliphatic carbocycles. The molecule has 0 N–H and O–H groups in total. The molecule has 0 spiro atoms. The van der Waals surface area contributed by atoms with Gasteiger partial charge in [0.2, 0.25) is 10.0 Å². The maximum atomic E-state index is 14.1. The molecule has 2 aromatic carbocycles. The molecule has 1 aliphatic heterocycles. The van der Waals surface area contributed by atoms with E-state index in [1.807, 2.05) is 6.92 Å². The van der Waals surface area contributed by atoms with Crippen LogP contribution in [0.2, 0.25) is 0 Å². The molecule has 0 aromatic heterocycles. The highest BCUT2D eigenvalue weighted by atomic mass is 79.9. The Morgan fingerprint density at radius 1 is 1.10 bits per heavy atom. The zero-order valence-electron chi connectivity index (χ0n) is 11.3. The molecule has 2 aromatic rings. The zero-order valence-corrected chi connectivity index (χ0v) is 13.7. The van der Waals surface area contributed by atoms with E-state index < -0.39 is 10.0 Å². The summed E-state index contributed by atoms with van der Waals surface area (Å²) in [5, 5.41) is 0. The summed E-state index contributed by atoms with van der Waals surface area (Å²) >= 11 is 3.13. The standard InChI is InChI=1S/C15H13BrFNO2S/c1-10-2-5-12(6-3-10)21(19,20)18-8-11-4-7-14(16)15(17)13(11)9-18/h2-7H,8-9H2,1H3. The van der Waals surface area contributed by atoms with Crippen molar-refractivity contribution in [3.8, 4) is 0 Å². The molecule has 0 bridgehead atoms. The minimum atomic E-state index is -3.60. The molecule has 1 heterocycles. The maximum Gasteiger partial charge on any atom is 0.243 e. The molecular weight excluding hydrogens is 357 g/mol. The van der Waals surface area contributed by atoms with Crippen LogP contribution in [0.5, 0.6) is 0 Å². The first-order valence-corrected chi connectivity index (χ1v) is 8.65. The van der Waals surface area contributed by atoms with Gasteiger partial charge in [-0.3, -0.25) is 0 Å². The van der Waals surface area contributed by atoms with Crippen molar-refractivity contribution >= 4 is 26.0 Å². The van der Waals surface area contributed by atoms with E-state index in [-0.39, 0.29) is 23.8 Å². The van der Waals surface area contributed by atoms with Crippen molar-refractivity contribution in [1.29, 1.82) is 0 Å². The van der Waals surface area contributed by atoms with Gasteiger partial charge in [-0.15, -0.1) is 0 Å². The van der Waals surface area contributed by atoms with E-state index >= 15 is 0 Å². The van der Waals surface area contributed by atoms with Gasteiger partial charge < -0.3 is 0 Å². The highest BCUT2D eigenvalue weighted by Crippen LogP contribution is 2.33. The summed E-state index contributed by atoms with van der Waals surface area (Å²) in [5.74, 6) is -0.380. The van der Waals surface area contributed by atoms with Gasteiger partial charge in [-0.05, 0) is 46.6 Å². The summed E-state index contributed by atoms with van der Waals surface area (Å²) in [4.78, 5) is 0.236. The highest BCUT2D eigenvalue weighted by Gasteiger charge is 2.32. The van der Waals surface area contributed by atoms with Crippen molar-refractivity contribution < 1.29 is 12.8 Å². The second-order valence-electron chi connectivity index (χ2n) is 5.09. The fourth-order valence-corrected chi connectivity index (χ4v) is 4.16. The van der Waals surface area contributed by atoms with Crippen molar-refractivity contribution in [1.82, 2.24) is 4.31 Å². The lowest BCUT2D eigenvalue weighted by molar-refractivity contribution is 0.428. The van der Waals surface area contributed by atoms with Gasteiger partial charge in [0.15, 0.2) is 0 Å². The topological polar surface area (TPSA) is 37.4 Å². The molecule has 0 amide bonds. The highest BCUT2D eigenvalue weighted by molar-refractivity contribution is 9.10. The molecule has 3 rings (SSSR count). The summed E-state index contributed by atoms with van der Waals surface area (Å²) in [5.41, 5.74) is 2.15. The van der Waals surface area contributed by atoms with E-state index in [4.69, 9.17) is 0 Å². The van der Waals surface area contributed by atoms with Crippen LogP contribution in [0.15, 0.2) is 45.8 Å². The van der Waals surface area contributed by atoms with Crippen molar-refractivity contribution in [2.75, 3.05) is 0 Å². The predicted octanol–water partition coefficient (Wildman–Crippen LogP) is 3.60. The second-order valence-corrected chi connectivity index (χ2v) is 7.88. The number of halogens is 2. The Balaban J connectivity index is 1.97. The van der Waals surface area contributed by atoms with E-state index in [9.17, 15) is 12.8 Å². The van der Waals surface area contributed by atoms with Crippen LogP contribution in [0.1, 0.15) is 16.7 Å². The molecule has 0 fully saturated rings. The first-order valence-electron chi connectivity index (χ1n) is 6.42. The third kappa shape index (κ3) is 2.52. The lowest BCUT2D eigenvalue weighted by Crippen LogP contribution is -2.25. The Bertz CT molecular complexity index is 803. The monoisotopic (exact) mass is 369 g/mol. The van der Waals surface area contributed by atoms with E-state index in [1.165, 1.54) is 4.31 Å². The second kappa shape index (κ2) is 5.19. The van der Waals surface area contributed by atoms with Gasteiger partial charge in [0.25, 0.3) is 0 Å². The van der Waals surface area contributed by atoms with Gasteiger partial charge in [-0.1, -0.05) is 23.8 Å². The number of rotatable bonds is 2. The van der Waals surface area contributed by atoms with Crippen molar-refractivity contribution in [2.24, 2.45) is 0 Å². The largest absolute Gasteiger partial charge is 0.243 e. The molecule has 21 heavy (non-hydrogen) atoms. The van der Waals surface area contributed by atoms with Gasteiger partial charge in [-0.25, -0.2) is 12.8 Å². The number of fused-ring (bicyclic) bond motifs is 1. The summed E-state index contributed by atoms with van der Waals surface area (Å²) in [6, 6.07) is 10.0. The summed E-state index contributed by atoms with van der Waals surface area (Å²) < 4.78 is 40.9. The number of hydrogen-bond donors (Lipinski definition) is 0. The molecule has 0 radical (unpaired) electrons. The van der Waals surface area contributed by atoms with E-state index in [0.717, 1.165) is 5.56 Å². The quantitative estimate of drug-likeness (QED) is 0.810. The predicted molar refractivity (Wildman–Crippen MR) is 81.7 cm³/mol. The maximum absolute atomic E-state index is 14.1. The van der Waals surface area contributed by atoms with Crippen molar-refractivity contribution in [3.05, 3.63) is 63.4 Å². The third-order valence-corrected chi connectivity index (χ3v) is 6.05. The van der Waals surface area contributed by atoms with Gasteiger partial charge >= 0.3 is 0 Å². The minimum absolute atomic E-state index is 0.0663. The van der Waals surface area contributed by atoms with Crippen LogP contribution in [-0.2, 0) is 23.1 Å². The molecule has 0 atom stereocenters. The molecule has 0 saturated carbocycles. The Labute approximate surface area is 131 Å². The number of benzene rings is 2. The normalized spacial score (nSPS) is 15.2. The van der Waals surface area contributed by atoms with Gasteiger partial charge in [0.1, 0.15) is 5.82 Å². The van der Waals surface area contributed by atoms with Crippen molar-refractivity contribution in [3.63, 3.8) is 0 Å². The van der Waals surface area contributed by atoms with E-state index in [2.05, 4.69) is 15.9 Å². The Kier molecular flexibility index (Phi) is 3.63. The molecule has 3 nitrogen and oxygen atoms in total. The first-order chi connectivity index (χ1) is 9.89. The molecule has 1 aliphatic rings. The fourth-order valence-electron chi connectivity index (χ4n) is 2.40. The number of hydrogen-bond acceptors (Lipinski definition) is 2. The molecular formula is C15H13BrFNO2S. The van der Waals surface area contributed by atoms with E-state index in [1.54, 1.807) is 36.4 Å². The SMILES string of the molecule is Cc1ccc(S(=O)(=O)N2Cc3ccc(Br)c(F)c3C2)cc1. The van der Waals surface area contributed by atoms with Crippen molar-refractivity contribution in [2.45, 2.75) is 24.9 Å². The van der Waals surface area contributed by atoms with Gasteiger partial charge in [-0.2, -0.15) is 4.31 Å². The van der Waals surface area contributed by atoms with Crippen LogP contribution in [0, 0.1) is 12.7 Å². The van der Waals surface area contributed by atoms with Crippen LogP contribution in [0.3, 0.4) is 0 Å². The minimum Gasteiger partial charge on any atom is -0.207 e. The van der Waals surface area contributed by atoms with Gasteiger partial charge in [0.05, 0.1) is 9.37 Å². The average molecular weight is 370 g/mol. The van der Waals surface area contributed by atoms with Crippen LogP contribution < -0.4 is 0 Å². The lowest BCUT2D eigenvalue weighted by Gasteiger charge is -2.15. The smallest absolute Gasteiger partial charge is 0.207 e. The number of sulfonamides is 1. The average Bonchev–Trinajstić information content (AvgIpc) is 2.89. The van der Waals surface area contributed by atoms with E-state index in [0.29, 0.717) is 15.6 Å². The lowest BCUT2D eigenvalue weighted by atomic mass is 10.1. The zero-order chi connectivity index (χ0) is 15.2. The number of nitrogens with zero attached hydrogens (tertiary/aromatic N) is 1. The summed E-state index contributed by atoms with van der Waals surface area (Å²) in [6.45, 7) is 2.17. The fraction of sp³-hybridized carbons (Fsp3) is 0.200. The Morgan fingerprint density at radius 2 is 1.76 bits per heavy atom.